The van der Waals surface area contributed by atoms with Crippen LogP contribution in [0.1, 0.15) is 23.0 Å². The molecule has 4 aliphatic rings. The number of furan rings is 1. The number of nitrogens with zero attached hydrogens (tertiary/aromatic N) is 1. The van der Waals surface area contributed by atoms with Crippen LogP contribution in [0.4, 0.5) is 10.1 Å². The molecule has 3 fully saturated rings. The lowest BCUT2D eigenvalue weighted by Gasteiger charge is -2.42. The largest absolute Gasteiger partial charge is 0.469 e. The van der Waals surface area contributed by atoms with Crippen LogP contribution < -0.4 is 9.77 Å². The van der Waals surface area contributed by atoms with Crippen molar-refractivity contribution in [3.63, 3.8) is 0 Å². The predicted molar refractivity (Wildman–Crippen MR) is 116 cm³/mol. The Kier molecular flexibility index (Phi) is 3.80. The zero-order valence-corrected chi connectivity index (χ0v) is 18.2. The highest BCUT2D eigenvalue weighted by Crippen LogP contribution is 2.68. The molecule has 2 aliphatic heterocycles. The number of thiazole rings is 1. The molecule has 7 rings (SSSR count). The number of halogens is 1. The molecule has 6 nitrogen and oxygen atoms in total. The standard InChI is InChI=1S/C23H17FN2O4S2/c24-9-3-5-10(6-4-9)26-21(27)15-11-8-12(16(15)22(26)28)18-14(11)17(13-2-1-7-30-13)19-20(31-18)25-23(29)32-19/h1-7,11-12,14-18H,8H2,(H,25,29)/t11-,12-,14?,15?,16?,17?,18?/m1/s1. The van der Waals surface area contributed by atoms with Crippen LogP contribution in [0.25, 0.3) is 0 Å². The lowest BCUT2D eigenvalue weighted by Crippen LogP contribution is -2.42. The summed E-state index contributed by atoms with van der Waals surface area (Å²) in [5.74, 6) is -0.628. The maximum atomic E-state index is 13.5. The Hall–Kier alpha value is -2.65. The van der Waals surface area contributed by atoms with Crippen LogP contribution in [0, 0.1) is 35.4 Å². The number of fused-ring (bicyclic) bond motifs is 9. The van der Waals surface area contributed by atoms with Crippen LogP contribution >= 0.6 is 23.1 Å². The Morgan fingerprint density at radius 1 is 1.03 bits per heavy atom. The summed E-state index contributed by atoms with van der Waals surface area (Å²) < 4.78 is 19.2. The summed E-state index contributed by atoms with van der Waals surface area (Å²) in [6, 6.07) is 9.30. The first-order valence-electron chi connectivity index (χ1n) is 10.6. The number of hydrogen-bond acceptors (Lipinski definition) is 6. The normalized spacial score (nSPS) is 34.7. The number of carbonyl (C=O) groups excluding carboxylic acids is 2. The number of thioether (sulfide) groups is 1. The van der Waals surface area contributed by atoms with Crippen LogP contribution in [0.15, 0.2) is 56.9 Å². The minimum absolute atomic E-state index is 0.0323. The van der Waals surface area contributed by atoms with Gasteiger partial charge in [-0.25, -0.2) is 4.39 Å². The van der Waals surface area contributed by atoms with E-state index in [1.807, 2.05) is 12.1 Å². The number of nitrogens with one attached hydrogen (secondary N) is 1. The molecule has 2 aromatic heterocycles. The van der Waals surface area contributed by atoms with E-state index in [0.717, 1.165) is 22.1 Å². The number of benzene rings is 1. The monoisotopic (exact) mass is 468 g/mol. The highest BCUT2D eigenvalue weighted by atomic mass is 32.2. The number of aromatic nitrogens is 1. The molecule has 32 heavy (non-hydrogen) atoms. The van der Waals surface area contributed by atoms with Crippen molar-refractivity contribution in [2.75, 3.05) is 4.90 Å². The van der Waals surface area contributed by atoms with Crippen molar-refractivity contribution in [1.29, 1.82) is 0 Å². The molecular weight excluding hydrogens is 451 g/mol. The zero-order valence-electron chi connectivity index (χ0n) is 16.6. The SMILES string of the molecule is O=C1C2C(C(=O)N1c1ccc(F)cc1)[C@@H]1C[C@H]2C2Sc3[nH]c(=O)sc3C(c3ccco3)C21. The fraction of sp³-hybridized carbons (Fsp3) is 0.348. The Labute approximate surface area is 189 Å². The zero-order chi connectivity index (χ0) is 21.7. The average Bonchev–Trinajstić information content (AvgIpc) is 3.57. The quantitative estimate of drug-likeness (QED) is 0.578. The molecule has 2 aliphatic carbocycles. The summed E-state index contributed by atoms with van der Waals surface area (Å²) in [6.45, 7) is 0. The Bertz CT molecular complexity index is 1310. The second-order valence-corrected chi connectivity index (χ2v) is 11.2. The molecule has 162 valence electrons. The smallest absolute Gasteiger partial charge is 0.305 e. The molecule has 2 saturated carbocycles. The second kappa shape index (κ2) is 6.45. The third kappa shape index (κ3) is 2.33. The first-order valence-corrected chi connectivity index (χ1v) is 12.3. The fourth-order valence-corrected chi connectivity index (χ4v) is 9.52. The summed E-state index contributed by atoms with van der Waals surface area (Å²) in [5, 5.41) is 0.984. The summed E-state index contributed by atoms with van der Waals surface area (Å²) in [6.07, 6.45) is 2.46. The van der Waals surface area contributed by atoms with Crippen molar-refractivity contribution in [3.8, 4) is 0 Å². The molecular formula is C23H17FN2O4S2. The van der Waals surface area contributed by atoms with Gasteiger partial charge in [0.15, 0.2) is 0 Å². The van der Waals surface area contributed by atoms with Gasteiger partial charge >= 0.3 is 4.87 Å². The van der Waals surface area contributed by atoms with E-state index in [9.17, 15) is 18.8 Å². The molecule has 2 bridgehead atoms. The summed E-state index contributed by atoms with van der Waals surface area (Å²) in [5.41, 5.74) is 0.428. The number of rotatable bonds is 2. The van der Waals surface area contributed by atoms with E-state index in [-0.39, 0.29) is 57.4 Å². The van der Waals surface area contributed by atoms with Crippen molar-refractivity contribution < 1.29 is 18.4 Å². The van der Waals surface area contributed by atoms with Gasteiger partial charge in [-0.3, -0.25) is 19.3 Å². The third-order valence-corrected chi connectivity index (χ3v) is 10.2. The Balaban J connectivity index is 1.32. The molecule has 1 saturated heterocycles. The van der Waals surface area contributed by atoms with Gasteiger partial charge in [0, 0.05) is 5.25 Å². The molecule has 9 heteroatoms. The van der Waals surface area contributed by atoms with Gasteiger partial charge in [-0.05, 0) is 60.6 Å². The Morgan fingerprint density at radius 3 is 2.50 bits per heavy atom. The molecule has 4 heterocycles. The lowest BCUT2D eigenvalue weighted by atomic mass is 9.69. The summed E-state index contributed by atoms with van der Waals surface area (Å²) >= 11 is 2.85. The van der Waals surface area contributed by atoms with Gasteiger partial charge in [0.1, 0.15) is 11.6 Å². The van der Waals surface area contributed by atoms with E-state index in [4.69, 9.17) is 4.42 Å². The molecule has 1 aromatic carbocycles. The van der Waals surface area contributed by atoms with Gasteiger partial charge in [0.05, 0.1) is 39.6 Å². The second-order valence-electron chi connectivity index (χ2n) is 8.96. The van der Waals surface area contributed by atoms with Crippen LogP contribution in [-0.2, 0) is 9.59 Å². The van der Waals surface area contributed by atoms with Crippen LogP contribution in [0.2, 0.25) is 0 Å². The molecule has 3 aromatic rings. The van der Waals surface area contributed by atoms with Crippen molar-refractivity contribution in [1.82, 2.24) is 4.98 Å². The van der Waals surface area contributed by atoms with Crippen molar-refractivity contribution in [2.45, 2.75) is 22.6 Å². The number of aromatic amines is 1. The summed E-state index contributed by atoms with van der Waals surface area (Å²) in [4.78, 5) is 44.2. The van der Waals surface area contributed by atoms with Gasteiger partial charge < -0.3 is 9.40 Å². The maximum Gasteiger partial charge on any atom is 0.305 e. The number of hydrogen-bond donors (Lipinski definition) is 1. The average molecular weight is 469 g/mol. The lowest BCUT2D eigenvalue weighted by molar-refractivity contribution is -0.123. The van der Waals surface area contributed by atoms with Gasteiger partial charge in [0.25, 0.3) is 0 Å². The van der Waals surface area contributed by atoms with Gasteiger partial charge in [0.2, 0.25) is 11.8 Å². The number of carbonyl (C=O) groups is 2. The van der Waals surface area contributed by atoms with E-state index in [1.54, 1.807) is 18.0 Å². The number of imide groups is 1. The number of H-pyrrole nitrogens is 1. The maximum absolute atomic E-state index is 13.5. The van der Waals surface area contributed by atoms with E-state index in [2.05, 4.69) is 4.98 Å². The topological polar surface area (TPSA) is 83.4 Å². The molecule has 5 unspecified atom stereocenters. The first kappa shape index (κ1) is 18.9. The minimum atomic E-state index is -0.406. The van der Waals surface area contributed by atoms with Crippen LogP contribution in [-0.4, -0.2) is 22.0 Å². The van der Waals surface area contributed by atoms with Crippen LogP contribution in [0.3, 0.4) is 0 Å². The summed E-state index contributed by atoms with van der Waals surface area (Å²) in [7, 11) is 0. The van der Waals surface area contributed by atoms with E-state index >= 15 is 0 Å². The molecule has 1 N–H and O–H groups in total. The van der Waals surface area contributed by atoms with Crippen molar-refractivity contribution in [2.24, 2.45) is 29.6 Å². The predicted octanol–water partition coefficient (Wildman–Crippen LogP) is 3.85. The van der Waals surface area contributed by atoms with Crippen molar-refractivity contribution in [3.05, 3.63) is 68.8 Å². The molecule has 7 atom stereocenters. The third-order valence-electron chi connectivity index (χ3n) is 7.66. The van der Waals surface area contributed by atoms with Crippen molar-refractivity contribution >= 4 is 40.6 Å². The van der Waals surface area contributed by atoms with E-state index in [0.29, 0.717) is 5.69 Å². The molecule has 0 radical (unpaired) electrons. The van der Waals surface area contributed by atoms with E-state index < -0.39 is 5.82 Å². The first-order chi connectivity index (χ1) is 15.5. The van der Waals surface area contributed by atoms with E-state index in [1.165, 1.54) is 40.5 Å². The fourth-order valence-electron chi connectivity index (χ4n) is 6.65. The number of amides is 2. The highest BCUT2D eigenvalue weighted by molar-refractivity contribution is 8.00. The van der Waals surface area contributed by atoms with Gasteiger partial charge in [-0.2, -0.15) is 0 Å². The van der Waals surface area contributed by atoms with Crippen LogP contribution in [0.5, 0.6) is 0 Å². The van der Waals surface area contributed by atoms with Gasteiger partial charge in [-0.15, -0.1) is 11.8 Å². The Morgan fingerprint density at radius 2 is 1.78 bits per heavy atom. The minimum Gasteiger partial charge on any atom is -0.469 e. The molecule has 2 amide bonds. The highest BCUT2D eigenvalue weighted by Gasteiger charge is 2.70. The van der Waals surface area contributed by atoms with Gasteiger partial charge in [-0.1, -0.05) is 11.3 Å². The molecule has 0 spiro atoms. The number of anilines is 1.